The molecule has 0 saturated carbocycles. The minimum Gasteiger partial charge on any atom is -0.484 e. The standard InChI is InChI=1S/C20H20BrN3O2/c1-14-9-17(10-15(2)20(14)21)26-12-19(25)23-11-16-5-3-4-6-18(16)24-8-7-22-13-24/h3-10,13H,11-12H2,1-2H3,(H,23,25). The molecule has 26 heavy (non-hydrogen) atoms. The van der Waals surface area contributed by atoms with E-state index in [1.807, 2.05) is 61.0 Å². The summed E-state index contributed by atoms with van der Waals surface area (Å²) in [6.45, 7) is 4.40. The summed E-state index contributed by atoms with van der Waals surface area (Å²) in [5, 5.41) is 2.91. The van der Waals surface area contributed by atoms with E-state index in [0.717, 1.165) is 26.9 Å². The second-order valence-electron chi connectivity index (χ2n) is 6.04. The van der Waals surface area contributed by atoms with Crippen LogP contribution in [0.25, 0.3) is 5.69 Å². The molecule has 0 aliphatic carbocycles. The van der Waals surface area contributed by atoms with Gasteiger partial charge in [-0.3, -0.25) is 4.79 Å². The molecule has 134 valence electrons. The van der Waals surface area contributed by atoms with Crippen molar-refractivity contribution in [2.45, 2.75) is 20.4 Å². The third-order valence-corrected chi connectivity index (χ3v) is 5.28. The molecule has 0 bridgehead atoms. The van der Waals surface area contributed by atoms with E-state index in [0.29, 0.717) is 12.3 Å². The maximum Gasteiger partial charge on any atom is 0.258 e. The number of rotatable bonds is 6. The van der Waals surface area contributed by atoms with Crippen molar-refractivity contribution in [1.29, 1.82) is 0 Å². The number of nitrogens with one attached hydrogen (secondary N) is 1. The summed E-state index contributed by atoms with van der Waals surface area (Å²) in [7, 11) is 0. The van der Waals surface area contributed by atoms with E-state index < -0.39 is 0 Å². The van der Waals surface area contributed by atoms with Crippen molar-refractivity contribution in [3.63, 3.8) is 0 Å². The molecule has 1 heterocycles. The van der Waals surface area contributed by atoms with Crippen LogP contribution in [0.4, 0.5) is 0 Å². The lowest BCUT2D eigenvalue weighted by Gasteiger charge is -2.12. The van der Waals surface area contributed by atoms with Crippen molar-refractivity contribution in [3.8, 4) is 11.4 Å². The Bertz CT molecular complexity index is 884. The molecule has 2 aromatic carbocycles. The maximum atomic E-state index is 12.2. The predicted molar refractivity (Wildman–Crippen MR) is 105 cm³/mol. The second-order valence-corrected chi connectivity index (χ2v) is 6.83. The number of ether oxygens (including phenoxy) is 1. The highest BCUT2D eigenvalue weighted by atomic mass is 79.9. The molecule has 6 heteroatoms. The van der Waals surface area contributed by atoms with Crippen LogP contribution in [0.5, 0.6) is 5.75 Å². The lowest BCUT2D eigenvalue weighted by Crippen LogP contribution is -2.28. The number of hydrogen-bond donors (Lipinski definition) is 1. The van der Waals surface area contributed by atoms with Gasteiger partial charge in [0.1, 0.15) is 5.75 Å². The number of carbonyl (C=O) groups excluding carboxylic acids is 1. The fraction of sp³-hybridized carbons (Fsp3) is 0.200. The maximum absolute atomic E-state index is 12.2. The van der Waals surface area contributed by atoms with Crippen LogP contribution >= 0.6 is 15.9 Å². The lowest BCUT2D eigenvalue weighted by atomic mass is 10.1. The van der Waals surface area contributed by atoms with Crippen molar-refractivity contribution in [1.82, 2.24) is 14.9 Å². The summed E-state index contributed by atoms with van der Waals surface area (Å²) in [6.07, 6.45) is 5.34. The molecular weight excluding hydrogens is 394 g/mol. The minimum atomic E-state index is -0.163. The Balaban J connectivity index is 1.59. The monoisotopic (exact) mass is 413 g/mol. The summed E-state index contributed by atoms with van der Waals surface area (Å²) in [5.74, 6) is 0.529. The van der Waals surface area contributed by atoms with Crippen molar-refractivity contribution in [2.75, 3.05) is 6.61 Å². The van der Waals surface area contributed by atoms with Gasteiger partial charge in [0.15, 0.2) is 6.61 Å². The molecule has 3 rings (SSSR count). The lowest BCUT2D eigenvalue weighted by molar-refractivity contribution is -0.123. The topological polar surface area (TPSA) is 56.1 Å². The molecule has 0 atom stereocenters. The quantitative estimate of drug-likeness (QED) is 0.665. The largest absolute Gasteiger partial charge is 0.484 e. The molecule has 0 radical (unpaired) electrons. The number of benzene rings is 2. The van der Waals surface area contributed by atoms with Crippen LogP contribution in [-0.4, -0.2) is 22.1 Å². The first-order valence-corrected chi connectivity index (χ1v) is 9.06. The van der Waals surface area contributed by atoms with Gasteiger partial charge in [0.2, 0.25) is 0 Å². The first-order chi connectivity index (χ1) is 12.5. The number of para-hydroxylation sites is 1. The van der Waals surface area contributed by atoms with Gasteiger partial charge < -0.3 is 14.6 Å². The molecule has 1 aromatic heterocycles. The Hall–Kier alpha value is -2.60. The molecule has 0 aliphatic heterocycles. The number of aryl methyl sites for hydroxylation is 2. The Morgan fingerprint density at radius 3 is 2.65 bits per heavy atom. The van der Waals surface area contributed by atoms with Crippen molar-refractivity contribution in [2.24, 2.45) is 0 Å². The molecular formula is C20H20BrN3O2. The van der Waals surface area contributed by atoms with Gasteiger partial charge in [-0.2, -0.15) is 0 Å². The second kappa shape index (κ2) is 8.19. The number of aromatic nitrogens is 2. The van der Waals surface area contributed by atoms with Crippen LogP contribution in [0.1, 0.15) is 16.7 Å². The molecule has 0 spiro atoms. The summed E-state index contributed by atoms with van der Waals surface area (Å²) in [5.41, 5.74) is 4.16. The predicted octanol–water partition coefficient (Wildman–Crippen LogP) is 3.95. The average Bonchev–Trinajstić information content (AvgIpc) is 3.17. The van der Waals surface area contributed by atoms with Gasteiger partial charge in [-0.05, 0) is 48.7 Å². The van der Waals surface area contributed by atoms with E-state index in [2.05, 4.69) is 26.2 Å². The number of imidazole rings is 1. The Morgan fingerprint density at radius 1 is 1.23 bits per heavy atom. The van der Waals surface area contributed by atoms with Crippen molar-refractivity contribution in [3.05, 3.63) is 76.3 Å². The van der Waals surface area contributed by atoms with Gasteiger partial charge in [0.25, 0.3) is 5.91 Å². The van der Waals surface area contributed by atoms with E-state index in [1.54, 1.807) is 12.5 Å². The highest BCUT2D eigenvalue weighted by Gasteiger charge is 2.08. The van der Waals surface area contributed by atoms with Gasteiger partial charge in [-0.1, -0.05) is 34.1 Å². The van der Waals surface area contributed by atoms with Crippen molar-refractivity contribution >= 4 is 21.8 Å². The zero-order valence-corrected chi connectivity index (χ0v) is 16.3. The molecule has 5 nitrogen and oxygen atoms in total. The fourth-order valence-electron chi connectivity index (χ4n) is 2.70. The van der Waals surface area contributed by atoms with Gasteiger partial charge in [0.05, 0.1) is 12.0 Å². The summed E-state index contributed by atoms with van der Waals surface area (Å²) in [6, 6.07) is 11.7. The van der Waals surface area contributed by atoms with E-state index >= 15 is 0 Å². The number of hydrogen-bond acceptors (Lipinski definition) is 3. The summed E-state index contributed by atoms with van der Waals surface area (Å²) < 4.78 is 8.61. The number of nitrogens with zero attached hydrogens (tertiary/aromatic N) is 2. The van der Waals surface area contributed by atoms with Crippen LogP contribution in [0, 0.1) is 13.8 Å². The molecule has 0 fully saturated rings. The third-order valence-electron chi connectivity index (χ3n) is 4.03. The van der Waals surface area contributed by atoms with Crippen LogP contribution in [0.15, 0.2) is 59.6 Å². The number of amides is 1. The SMILES string of the molecule is Cc1cc(OCC(=O)NCc2ccccc2-n2ccnc2)cc(C)c1Br. The molecule has 0 unspecified atom stereocenters. The number of carbonyl (C=O) groups is 1. The van der Waals surface area contributed by atoms with Gasteiger partial charge >= 0.3 is 0 Å². The molecule has 1 N–H and O–H groups in total. The highest BCUT2D eigenvalue weighted by Crippen LogP contribution is 2.26. The molecule has 3 aromatic rings. The average molecular weight is 414 g/mol. The van der Waals surface area contributed by atoms with Crippen LogP contribution in [-0.2, 0) is 11.3 Å². The zero-order chi connectivity index (χ0) is 18.5. The van der Waals surface area contributed by atoms with Crippen LogP contribution in [0.3, 0.4) is 0 Å². The highest BCUT2D eigenvalue weighted by molar-refractivity contribution is 9.10. The first-order valence-electron chi connectivity index (χ1n) is 8.27. The van der Waals surface area contributed by atoms with Gasteiger partial charge in [-0.15, -0.1) is 0 Å². The normalized spacial score (nSPS) is 10.6. The minimum absolute atomic E-state index is 0.0201. The van der Waals surface area contributed by atoms with Crippen LogP contribution in [0.2, 0.25) is 0 Å². The Labute approximate surface area is 161 Å². The van der Waals surface area contributed by atoms with E-state index in [4.69, 9.17) is 4.74 Å². The van der Waals surface area contributed by atoms with Gasteiger partial charge in [0, 0.05) is 23.4 Å². The summed E-state index contributed by atoms with van der Waals surface area (Å²) >= 11 is 3.53. The molecule has 0 aliphatic rings. The first kappa shape index (κ1) is 18.2. The molecule has 1 amide bonds. The van der Waals surface area contributed by atoms with Crippen molar-refractivity contribution < 1.29 is 9.53 Å². The fourth-order valence-corrected chi connectivity index (χ4v) is 2.93. The molecule has 0 saturated heterocycles. The van der Waals surface area contributed by atoms with E-state index in [-0.39, 0.29) is 12.5 Å². The summed E-state index contributed by atoms with van der Waals surface area (Å²) in [4.78, 5) is 16.2. The van der Waals surface area contributed by atoms with E-state index in [1.165, 1.54) is 0 Å². The third kappa shape index (κ3) is 4.32. The number of halogens is 1. The Kier molecular flexibility index (Phi) is 5.73. The van der Waals surface area contributed by atoms with Crippen LogP contribution < -0.4 is 10.1 Å². The Morgan fingerprint density at radius 2 is 1.96 bits per heavy atom. The van der Waals surface area contributed by atoms with Gasteiger partial charge in [-0.25, -0.2) is 4.98 Å². The smallest absolute Gasteiger partial charge is 0.258 e. The van der Waals surface area contributed by atoms with E-state index in [9.17, 15) is 4.79 Å². The zero-order valence-electron chi connectivity index (χ0n) is 14.7.